The summed E-state index contributed by atoms with van der Waals surface area (Å²) in [6, 6.07) is 12.4. The summed E-state index contributed by atoms with van der Waals surface area (Å²) in [6.45, 7) is 4.01. The maximum absolute atomic E-state index is 12.8. The number of hydrogen-bond donors (Lipinski definition) is 1. The Morgan fingerprint density at radius 2 is 1.61 bits per heavy atom. The molecular weight excluding hydrogens is 352 g/mol. The van der Waals surface area contributed by atoms with Gasteiger partial charge >= 0.3 is 0 Å². The van der Waals surface area contributed by atoms with Crippen molar-refractivity contribution >= 4 is 29.1 Å². The van der Waals surface area contributed by atoms with Gasteiger partial charge in [-0.1, -0.05) is 24.3 Å². The molecule has 1 aliphatic heterocycles. The predicted octanol–water partition coefficient (Wildman–Crippen LogP) is 4.01. The normalized spacial score (nSPS) is 21.0. The van der Waals surface area contributed by atoms with E-state index in [0.717, 1.165) is 11.1 Å². The van der Waals surface area contributed by atoms with Crippen molar-refractivity contribution in [2.24, 2.45) is 11.8 Å². The van der Waals surface area contributed by atoms with Crippen molar-refractivity contribution in [2.75, 3.05) is 10.2 Å². The Morgan fingerprint density at radius 3 is 2.25 bits per heavy atom. The smallest absolute Gasteiger partial charge is 0.255 e. The van der Waals surface area contributed by atoms with Crippen LogP contribution in [0.2, 0.25) is 0 Å². The summed E-state index contributed by atoms with van der Waals surface area (Å²) in [5.41, 5.74) is 3.82. The van der Waals surface area contributed by atoms with Gasteiger partial charge < -0.3 is 5.32 Å². The average Bonchev–Trinajstić information content (AvgIpc) is 2.96. The van der Waals surface area contributed by atoms with Gasteiger partial charge in [-0.05, 0) is 68.1 Å². The molecule has 4 rings (SSSR count). The largest absolute Gasteiger partial charge is 0.322 e. The van der Waals surface area contributed by atoms with Gasteiger partial charge in [0, 0.05) is 11.3 Å². The minimum absolute atomic E-state index is 0.175. The summed E-state index contributed by atoms with van der Waals surface area (Å²) >= 11 is 0. The standard InChI is InChI=1S/C23H22N2O3/c1-14-10-11-17(12-15(14)2)24-21(26)16-6-5-7-18(13-16)25-22(27)19-8-3-4-9-20(19)23(25)28/h3-7,10-13,19-20H,8-9H2,1-2H3,(H,24,26)/t19-,20-/m1/s1. The molecule has 1 N–H and O–H groups in total. The topological polar surface area (TPSA) is 66.5 Å². The monoisotopic (exact) mass is 374 g/mol. The molecule has 2 aliphatic rings. The van der Waals surface area contributed by atoms with Crippen LogP contribution in [0.25, 0.3) is 0 Å². The van der Waals surface area contributed by atoms with Gasteiger partial charge in [-0.15, -0.1) is 0 Å². The van der Waals surface area contributed by atoms with E-state index in [9.17, 15) is 14.4 Å². The Hall–Kier alpha value is -3.21. The Bertz CT molecular complexity index is 983. The van der Waals surface area contributed by atoms with Crippen LogP contribution in [0.1, 0.15) is 34.3 Å². The third-order valence-corrected chi connectivity index (χ3v) is 5.64. The second kappa shape index (κ2) is 7.08. The highest BCUT2D eigenvalue weighted by atomic mass is 16.2. The van der Waals surface area contributed by atoms with Crippen molar-refractivity contribution in [3.63, 3.8) is 0 Å². The molecule has 0 spiro atoms. The Kier molecular flexibility index (Phi) is 4.59. The molecule has 1 saturated heterocycles. The molecule has 28 heavy (non-hydrogen) atoms. The lowest BCUT2D eigenvalue weighted by Crippen LogP contribution is -2.31. The summed E-state index contributed by atoms with van der Waals surface area (Å²) in [6.07, 6.45) is 5.12. The lowest BCUT2D eigenvalue weighted by Gasteiger charge is -2.16. The van der Waals surface area contributed by atoms with E-state index in [1.807, 2.05) is 44.2 Å². The molecule has 2 aromatic rings. The fourth-order valence-electron chi connectivity index (χ4n) is 3.86. The van der Waals surface area contributed by atoms with Crippen molar-refractivity contribution in [1.29, 1.82) is 0 Å². The molecule has 2 atom stereocenters. The van der Waals surface area contributed by atoms with Gasteiger partial charge in [0.25, 0.3) is 5.91 Å². The van der Waals surface area contributed by atoms with Crippen LogP contribution in [0.3, 0.4) is 0 Å². The van der Waals surface area contributed by atoms with Crippen LogP contribution in [-0.2, 0) is 9.59 Å². The minimum atomic E-state index is -0.287. The summed E-state index contributed by atoms with van der Waals surface area (Å²) in [7, 11) is 0. The van der Waals surface area contributed by atoms with E-state index in [2.05, 4.69) is 5.32 Å². The van der Waals surface area contributed by atoms with Gasteiger partial charge in [0.1, 0.15) is 0 Å². The first kappa shape index (κ1) is 18.2. The van der Waals surface area contributed by atoms with Gasteiger partial charge in [0.05, 0.1) is 17.5 Å². The van der Waals surface area contributed by atoms with Crippen LogP contribution in [0.15, 0.2) is 54.6 Å². The number of carbonyl (C=O) groups is 3. The third-order valence-electron chi connectivity index (χ3n) is 5.64. The van der Waals surface area contributed by atoms with Crippen LogP contribution in [0.5, 0.6) is 0 Å². The zero-order valence-electron chi connectivity index (χ0n) is 15.9. The molecule has 2 aromatic carbocycles. The number of anilines is 2. The Labute approximate surface area is 164 Å². The number of hydrogen-bond acceptors (Lipinski definition) is 3. The summed E-state index contributed by atoms with van der Waals surface area (Å²) in [4.78, 5) is 39.5. The van der Waals surface area contributed by atoms with E-state index >= 15 is 0 Å². The number of aryl methyl sites for hydroxylation is 2. The first-order chi connectivity index (χ1) is 13.5. The van der Waals surface area contributed by atoms with Crippen LogP contribution < -0.4 is 10.2 Å². The molecule has 1 fully saturated rings. The molecule has 5 nitrogen and oxygen atoms in total. The van der Waals surface area contributed by atoms with Crippen molar-refractivity contribution in [3.8, 4) is 0 Å². The molecule has 0 bridgehead atoms. The van der Waals surface area contributed by atoms with E-state index in [0.29, 0.717) is 29.8 Å². The van der Waals surface area contributed by atoms with Gasteiger partial charge in [0.15, 0.2) is 0 Å². The number of benzene rings is 2. The molecular formula is C23H22N2O3. The van der Waals surface area contributed by atoms with E-state index in [4.69, 9.17) is 0 Å². The summed E-state index contributed by atoms with van der Waals surface area (Å²) in [5.74, 6) is -1.20. The number of allylic oxidation sites excluding steroid dienone is 2. The van der Waals surface area contributed by atoms with Gasteiger partial charge in [-0.3, -0.25) is 19.3 Å². The van der Waals surface area contributed by atoms with E-state index in [1.165, 1.54) is 4.90 Å². The molecule has 0 radical (unpaired) electrons. The predicted molar refractivity (Wildman–Crippen MR) is 108 cm³/mol. The van der Waals surface area contributed by atoms with Crippen molar-refractivity contribution in [3.05, 3.63) is 71.3 Å². The first-order valence-corrected chi connectivity index (χ1v) is 9.47. The minimum Gasteiger partial charge on any atom is -0.322 e. The van der Waals surface area contributed by atoms with Crippen molar-refractivity contribution < 1.29 is 14.4 Å². The highest BCUT2D eigenvalue weighted by Gasteiger charge is 2.47. The highest BCUT2D eigenvalue weighted by molar-refractivity contribution is 6.22. The SMILES string of the molecule is Cc1ccc(NC(=O)c2cccc(N3C(=O)[C@@H]4CC=CC[C@H]4C3=O)c2)cc1C. The number of amides is 3. The average molecular weight is 374 g/mol. The Morgan fingerprint density at radius 1 is 0.929 bits per heavy atom. The number of imide groups is 1. The molecule has 142 valence electrons. The number of rotatable bonds is 3. The molecule has 1 aliphatic carbocycles. The summed E-state index contributed by atoms with van der Waals surface area (Å²) < 4.78 is 0. The number of nitrogens with zero attached hydrogens (tertiary/aromatic N) is 1. The van der Waals surface area contributed by atoms with Crippen LogP contribution in [-0.4, -0.2) is 17.7 Å². The van der Waals surface area contributed by atoms with Crippen LogP contribution >= 0.6 is 0 Å². The van der Waals surface area contributed by atoms with Crippen LogP contribution in [0.4, 0.5) is 11.4 Å². The first-order valence-electron chi connectivity index (χ1n) is 9.47. The van der Waals surface area contributed by atoms with Crippen molar-refractivity contribution in [1.82, 2.24) is 0 Å². The number of carbonyl (C=O) groups excluding carboxylic acids is 3. The van der Waals surface area contributed by atoms with Gasteiger partial charge in [-0.2, -0.15) is 0 Å². The maximum atomic E-state index is 12.8. The molecule has 3 amide bonds. The number of nitrogens with one attached hydrogen (secondary N) is 1. The second-order valence-electron chi connectivity index (χ2n) is 7.47. The van der Waals surface area contributed by atoms with Gasteiger partial charge in [0.2, 0.25) is 11.8 Å². The fraction of sp³-hybridized carbons (Fsp3) is 0.261. The molecule has 1 heterocycles. The van der Waals surface area contributed by atoms with E-state index in [-0.39, 0.29) is 29.6 Å². The third kappa shape index (κ3) is 3.13. The van der Waals surface area contributed by atoms with E-state index < -0.39 is 0 Å². The molecule has 0 saturated carbocycles. The summed E-state index contributed by atoms with van der Waals surface area (Å²) in [5, 5.41) is 2.88. The van der Waals surface area contributed by atoms with Gasteiger partial charge in [-0.25, -0.2) is 0 Å². The lowest BCUT2D eigenvalue weighted by atomic mass is 9.85. The quantitative estimate of drug-likeness (QED) is 0.652. The molecule has 5 heteroatoms. The highest BCUT2D eigenvalue weighted by Crippen LogP contribution is 2.37. The zero-order chi connectivity index (χ0) is 19.8. The van der Waals surface area contributed by atoms with Crippen molar-refractivity contribution in [2.45, 2.75) is 26.7 Å². The lowest BCUT2D eigenvalue weighted by molar-refractivity contribution is -0.122. The number of fused-ring (bicyclic) bond motifs is 1. The van der Waals surface area contributed by atoms with Crippen LogP contribution in [0, 0.1) is 25.7 Å². The Balaban J connectivity index is 1.57. The maximum Gasteiger partial charge on any atom is 0.255 e. The molecule has 0 unspecified atom stereocenters. The second-order valence-corrected chi connectivity index (χ2v) is 7.47. The van der Waals surface area contributed by atoms with E-state index in [1.54, 1.807) is 24.3 Å². The zero-order valence-corrected chi connectivity index (χ0v) is 15.9. The fourth-order valence-corrected chi connectivity index (χ4v) is 3.86. The molecule has 0 aromatic heterocycles.